The van der Waals surface area contributed by atoms with Crippen LogP contribution in [0.4, 0.5) is 0 Å². The second-order valence-electron chi connectivity index (χ2n) is 7.07. The number of hydrazone groups is 1. The first-order valence-electron chi connectivity index (χ1n) is 9.59. The van der Waals surface area contributed by atoms with Crippen molar-refractivity contribution in [1.82, 2.24) is 15.2 Å². The standard InChI is InChI=1S/C22H28N4O2/c1-18-7-9-19(10-8-18)16-25-11-13-26(14-12-25)17-22(27)24-23-15-20-5-3-4-6-21(20)28-2/h3-10,15H,11-14,16-17H2,1-2H3,(H,24,27)/b23-15+. The molecule has 1 fully saturated rings. The summed E-state index contributed by atoms with van der Waals surface area (Å²) in [6.07, 6.45) is 1.61. The third kappa shape index (κ3) is 5.90. The van der Waals surface area contributed by atoms with Gasteiger partial charge in [-0.1, -0.05) is 42.0 Å². The van der Waals surface area contributed by atoms with Crippen LogP contribution >= 0.6 is 0 Å². The Bertz CT molecular complexity index is 796. The highest BCUT2D eigenvalue weighted by Crippen LogP contribution is 2.14. The van der Waals surface area contributed by atoms with E-state index in [1.54, 1.807) is 13.3 Å². The number of carbonyl (C=O) groups is 1. The van der Waals surface area contributed by atoms with E-state index in [0.717, 1.165) is 44.0 Å². The first-order chi connectivity index (χ1) is 13.6. The zero-order valence-corrected chi connectivity index (χ0v) is 16.6. The number of hydrogen-bond acceptors (Lipinski definition) is 5. The second-order valence-corrected chi connectivity index (χ2v) is 7.07. The fourth-order valence-electron chi connectivity index (χ4n) is 3.24. The van der Waals surface area contributed by atoms with Crippen LogP contribution < -0.4 is 10.2 Å². The van der Waals surface area contributed by atoms with Gasteiger partial charge in [0.1, 0.15) is 5.75 Å². The van der Waals surface area contributed by atoms with Crippen LogP contribution in [0.15, 0.2) is 53.6 Å². The second kappa shape index (κ2) is 10.0. The van der Waals surface area contributed by atoms with Crippen molar-refractivity contribution in [3.63, 3.8) is 0 Å². The molecular formula is C22H28N4O2. The van der Waals surface area contributed by atoms with E-state index in [1.165, 1.54) is 11.1 Å². The Balaban J connectivity index is 1.40. The van der Waals surface area contributed by atoms with Crippen molar-refractivity contribution in [2.24, 2.45) is 5.10 Å². The quantitative estimate of drug-likeness (QED) is 0.591. The molecule has 0 atom stereocenters. The highest BCUT2D eigenvalue weighted by Gasteiger charge is 2.18. The number of rotatable bonds is 7. The summed E-state index contributed by atoms with van der Waals surface area (Å²) in [4.78, 5) is 16.7. The van der Waals surface area contributed by atoms with Crippen LogP contribution in [0.1, 0.15) is 16.7 Å². The van der Waals surface area contributed by atoms with Crippen molar-refractivity contribution in [2.75, 3.05) is 39.8 Å². The molecule has 0 radical (unpaired) electrons. The minimum atomic E-state index is -0.0990. The normalized spacial score (nSPS) is 15.6. The van der Waals surface area contributed by atoms with Crippen LogP contribution in [0, 0.1) is 6.92 Å². The Morgan fingerprint density at radius 1 is 1.07 bits per heavy atom. The zero-order valence-electron chi connectivity index (χ0n) is 16.6. The molecule has 1 aliphatic heterocycles. The summed E-state index contributed by atoms with van der Waals surface area (Å²) in [5.41, 5.74) is 6.06. The van der Waals surface area contributed by atoms with Crippen LogP contribution in [-0.2, 0) is 11.3 Å². The van der Waals surface area contributed by atoms with Crippen LogP contribution in [-0.4, -0.2) is 61.8 Å². The number of ether oxygens (including phenoxy) is 1. The van der Waals surface area contributed by atoms with Gasteiger partial charge in [-0.25, -0.2) is 5.43 Å². The fraction of sp³-hybridized carbons (Fsp3) is 0.364. The van der Waals surface area contributed by atoms with E-state index in [2.05, 4.69) is 51.5 Å². The maximum absolute atomic E-state index is 12.1. The molecule has 6 heteroatoms. The number of para-hydroxylation sites is 1. The Labute approximate surface area is 166 Å². The number of piperazine rings is 1. The summed E-state index contributed by atoms with van der Waals surface area (Å²) in [5, 5.41) is 4.05. The number of carbonyl (C=O) groups excluding carboxylic acids is 1. The van der Waals surface area contributed by atoms with Crippen LogP contribution in [0.5, 0.6) is 5.75 Å². The van der Waals surface area contributed by atoms with Crippen LogP contribution in [0.3, 0.4) is 0 Å². The Morgan fingerprint density at radius 2 is 1.75 bits per heavy atom. The van der Waals surface area contributed by atoms with Crippen molar-refractivity contribution in [3.05, 3.63) is 65.2 Å². The van der Waals surface area contributed by atoms with Crippen molar-refractivity contribution < 1.29 is 9.53 Å². The van der Waals surface area contributed by atoms with Crippen LogP contribution in [0.25, 0.3) is 0 Å². The van der Waals surface area contributed by atoms with E-state index >= 15 is 0 Å². The van der Waals surface area contributed by atoms with Gasteiger partial charge >= 0.3 is 0 Å². The van der Waals surface area contributed by atoms with Gasteiger partial charge in [0.15, 0.2) is 0 Å². The summed E-state index contributed by atoms with van der Waals surface area (Å²) in [6, 6.07) is 16.2. The lowest BCUT2D eigenvalue weighted by Gasteiger charge is -2.34. The average molecular weight is 380 g/mol. The summed E-state index contributed by atoms with van der Waals surface area (Å²) < 4.78 is 5.27. The number of amides is 1. The van der Waals surface area contributed by atoms with Gasteiger partial charge in [-0.2, -0.15) is 5.10 Å². The van der Waals surface area contributed by atoms with Gasteiger partial charge in [0.25, 0.3) is 5.91 Å². The van der Waals surface area contributed by atoms with Gasteiger partial charge in [-0.3, -0.25) is 14.6 Å². The van der Waals surface area contributed by atoms with Gasteiger partial charge in [0.05, 0.1) is 19.9 Å². The molecule has 6 nitrogen and oxygen atoms in total. The van der Waals surface area contributed by atoms with E-state index < -0.39 is 0 Å². The molecule has 148 valence electrons. The Kier molecular flexibility index (Phi) is 7.17. The number of aryl methyl sites for hydroxylation is 1. The van der Waals surface area contributed by atoms with Gasteiger partial charge in [0.2, 0.25) is 0 Å². The lowest BCUT2D eigenvalue weighted by Crippen LogP contribution is -2.48. The third-order valence-electron chi connectivity index (χ3n) is 4.89. The zero-order chi connectivity index (χ0) is 19.8. The maximum Gasteiger partial charge on any atom is 0.254 e. The molecule has 3 rings (SSSR count). The minimum Gasteiger partial charge on any atom is -0.496 e. The van der Waals surface area contributed by atoms with Gasteiger partial charge < -0.3 is 4.74 Å². The molecule has 0 unspecified atom stereocenters. The summed E-state index contributed by atoms with van der Waals surface area (Å²) in [7, 11) is 1.61. The number of hydrogen-bond donors (Lipinski definition) is 1. The first-order valence-corrected chi connectivity index (χ1v) is 9.59. The largest absolute Gasteiger partial charge is 0.496 e. The monoisotopic (exact) mass is 380 g/mol. The lowest BCUT2D eigenvalue weighted by molar-refractivity contribution is -0.122. The van der Waals surface area contributed by atoms with E-state index in [0.29, 0.717) is 6.54 Å². The van der Waals surface area contributed by atoms with Gasteiger partial charge in [0, 0.05) is 38.3 Å². The molecule has 2 aromatic carbocycles. The number of nitrogens with one attached hydrogen (secondary N) is 1. The Morgan fingerprint density at radius 3 is 2.46 bits per heavy atom. The van der Waals surface area contributed by atoms with E-state index in [9.17, 15) is 4.79 Å². The van der Waals surface area contributed by atoms with E-state index in [-0.39, 0.29) is 5.91 Å². The van der Waals surface area contributed by atoms with Crippen molar-refractivity contribution in [2.45, 2.75) is 13.5 Å². The maximum atomic E-state index is 12.1. The number of methoxy groups -OCH3 is 1. The van der Waals surface area contributed by atoms with Gasteiger partial charge in [-0.05, 0) is 24.6 Å². The number of benzene rings is 2. The van der Waals surface area contributed by atoms with Crippen molar-refractivity contribution in [1.29, 1.82) is 0 Å². The summed E-state index contributed by atoms with van der Waals surface area (Å²) >= 11 is 0. The lowest BCUT2D eigenvalue weighted by atomic mass is 10.1. The van der Waals surface area contributed by atoms with Crippen molar-refractivity contribution >= 4 is 12.1 Å². The highest BCUT2D eigenvalue weighted by molar-refractivity contribution is 5.85. The predicted molar refractivity (Wildman–Crippen MR) is 112 cm³/mol. The van der Waals surface area contributed by atoms with E-state index in [1.807, 2.05) is 24.3 Å². The molecule has 2 aromatic rings. The highest BCUT2D eigenvalue weighted by atomic mass is 16.5. The smallest absolute Gasteiger partial charge is 0.254 e. The molecule has 1 heterocycles. The predicted octanol–water partition coefficient (Wildman–Crippen LogP) is 2.27. The molecule has 1 aliphatic rings. The SMILES string of the molecule is COc1ccccc1/C=N/NC(=O)CN1CCN(Cc2ccc(C)cc2)CC1. The minimum absolute atomic E-state index is 0.0990. The molecule has 1 N–H and O–H groups in total. The molecule has 28 heavy (non-hydrogen) atoms. The molecule has 0 spiro atoms. The topological polar surface area (TPSA) is 57.2 Å². The molecule has 0 bridgehead atoms. The molecule has 0 saturated carbocycles. The van der Waals surface area contributed by atoms with Crippen molar-refractivity contribution in [3.8, 4) is 5.75 Å². The first kappa shape index (κ1) is 20.0. The molecule has 0 aliphatic carbocycles. The van der Waals surface area contributed by atoms with Crippen LogP contribution in [0.2, 0.25) is 0 Å². The molecule has 1 saturated heterocycles. The molecule has 0 aromatic heterocycles. The molecule has 1 amide bonds. The summed E-state index contributed by atoms with van der Waals surface area (Å²) in [5.74, 6) is 0.628. The molecular weight excluding hydrogens is 352 g/mol. The fourth-order valence-corrected chi connectivity index (χ4v) is 3.24. The summed E-state index contributed by atoms with van der Waals surface area (Å²) in [6.45, 7) is 7.13. The number of nitrogens with zero attached hydrogens (tertiary/aromatic N) is 3. The van der Waals surface area contributed by atoms with E-state index in [4.69, 9.17) is 4.74 Å². The Hall–Kier alpha value is -2.70. The average Bonchev–Trinajstić information content (AvgIpc) is 2.71. The third-order valence-corrected chi connectivity index (χ3v) is 4.89. The van der Waals surface area contributed by atoms with Gasteiger partial charge in [-0.15, -0.1) is 0 Å².